The minimum atomic E-state index is -0.884. The number of carbonyl (C=O) groups is 1. The Morgan fingerprint density at radius 2 is 1.65 bits per heavy atom. The maximum atomic E-state index is 10.8. The molecule has 2 rings (SSSR count). The molecule has 1 saturated heterocycles. The van der Waals surface area contributed by atoms with Crippen molar-refractivity contribution in [2.45, 2.75) is 45.4 Å². The minimum Gasteiger partial charge on any atom is -0.478 e. The number of nitrogens with zero attached hydrogens (tertiary/aromatic N) is 1. The number of carboxylic acid groups (broad SMARTS) is 1. The second-order valence-corrected chi connectivity index (χ2v) is 6.77. The van der Waals surface area contributed by atoms with Gasteiger partial charge in [0.15, 0.2) is 0 Å². The normalized spacial score (nSPS) is 21.6. The highest BCUT2D eigenvalue weighted by Gasteiger charge is 2.37. The van der Waals surface area contributed by atoms with Crippen molar-refractivity contribution < 1.29 is 14.6 Å². The first kappa shape index (κ1) is 15.0. The van der Waals surface area contributed by atoms with E-state index >= 15 is 0 Å². The van der Waals surface area contributed by atoms with Gasteiger partial charge < -0.3 is 9.84 Å². The summed E-state index contributed by atoms with van der Waals surface area (Å²) in [5, 5.41) is 8.91. The Kier molecular flexibility index (Phi) is 3.89. The van der Waals surface area contributed by atoms with Crippen LogP contribution in [0.1, 0.15) is 43.6 Å². The molecule has 0 atom stereocenters. The molecule has 0 aromatic heterocycles. The standard InChI is InChI=1S/C16H23NO3/c1-15(2)10-17(11-16(3,4)20-15)9-12-5-7-13(8-6-12)14(18)19/h5-8H,9-11H2,1-4H3,(H,18,19). The second kappa shape index (κ2) is 5.19. The van der Waals surface area contributed by atoms with Gasteiger partial charge in [-0.05, 0) is 45.4 Å². The molecule has 0 radical (unpaired) electrons. The monoisotopic (exact) mass is 277 g/mol. The Morgan fingerprint density at radius 1 is 1.15 bits per heavy atom. The van der Waals surface area contributed by atoms with E-state index in [1.807, 2.05) is 12.1 Å². The molecule has 1 heterocycles. The number of hydrogen-bond donors (Lipinski definition) is 1. The molecule has 0 bridgehead atoms. The lowest BCUT2D eigenvalue weighted by molar-refractivity contribution is -0.182. The number of carboxylic acids is 1. The molecular weight excluding hydrogens is 254 g/mol. The predicted octanol–water partition coefficient (Wildman–Crippen LogP) is 2.77. The van der Waals surface area contributed by atoms with Crippen LogP contribution in [0.25, 0.3) is 0 Å². The Morgan fingerprint density at radius 3 is 2.10 bits per heavy atom. The lowest BCUT2D eigenvalue weighted by Crippen LogP contribution is -2.56. The first-order chi connectivity index (χ1) is 9.17. The quantitative estimate of drug-likeness (QED) is 0.923. The van der Waals surface area contributed by atoms with Crippen molar-refractivity contribution >= 4 is 5.97 Å². The molecule has 0 amide bonds. The summed E-state index contributed by atoms with van der Waals surface area (Å²) in [6, 6.07) is 7.10. The van der Waals surface area contributed by atoms with Crippen LogP contribution in [0, 0.1) is 0 Å². The van der Waals surface area contributed by atoms with E-state index in [2.05, 4.69) is 32.6 Å². The molecule has 1 aromatic rings. The molecule has 1 N–H and O–H groups in total. The van der Waals surface area contributed by atoms with Crippen molar-refractivity contribution in [3.8, 4) is 0 Å². The van der Waals surface area contributed by atoms with Crippen LogP contribution in [0.15, 0.2) is 24.3 Å². The van der Waals surface area contributed by atoms with Gasteiger partial charge in [-0.1, -0.05) is 12.1 Å². The van der Waals surface area contributed by atoms with E-state index in [1.165, 1.54) is 0 Å². The van der Waals surface area contributed by atoms with Crippen LogP contribution in [0.4, 0.5) is 0 Å². The first-order valence-electron chi connectivity index (χ1n) is 6.92. The zero-order valence-corrected chi connectivity index (χ0v) is 12.6. The molecule has 20 heavy (non-hydrogen) atoms. The maximum Gasteiger partial charge on any atom is 0.335 e. The van der Waals surface area contributed by atoms with Gasteiger partial charge in [-0.25, -0.2) is 4.79 Å². The number of benzene rings is 1. The fourth-order valence-corrected chi connectivity index (χ4v) is 3.07. The van der Waals surface area contributed by atoms with E-state index in [9.17, 15) is 4.79 Å². The lowest BCUT2D eigenvalue weighted by atomic mass is 9.98. The van der Waals surface area contributed by atoms with E-state index in [0.29, 0.717) is 5.56 Å². The Hall–Kier alpha value is -1.39. The molecule has 0 aliphatic carbocycles. The zero-order valence-electron chi connectivity index (χ0n) is 12.6. The van der Waals surface area contributed by atoms with Gasteiger partial charge in [-0.15, -0.1) is 0 Å². The third-order valence-corrected chi connectivity index (χ3v) is 3.37. The van der Waals surface area contributed by atoms with Crippen LogP contribution >= 0.6 is 0 Å². The van der Waals surface area contributed by atoms with Crippen LogP contribution in [-0.2, 0) is 11.3 Å². The van der Waals surface area contributed by atoms with Crippen LogP contribution in [0.3, 0.4) is 0 Å². The molecule has 1 aliphatic rings. The van der Waals surface area contributed by atoms with Gasteiger partial charge in [0.25, 0.3) is 0 Å². The summed E-state index contributed by atoms with van der Waals surface area (Å²) in [7, 11) is 0. The first-order valence-corrected chi connectivity index (χ1v) is 6.92. The van der Waals surface area contributed by atoms with Gasteiger partial charge in [0.05, 0.1) is 16.8 Å². The summed E-state index contributed by atoms with van der Waals surface area (Å²) in [6.45, 7) is 11.0. The summed E-state index contributed by atoms with van der Waals surface area (Å²) >= 11 is 0. The van der Waals surface area contributed by atoms with Crippen LogP contribution in [0.2, 0.25) is 0 Å². The molecule has 0 spiro atoms. The topological polar surface area (TPSA) is 49.8 Å². The molecule has 1 fully saturated rings. The Labute approximate surface area is 120 Å². The van der Waals surface area contributed by atoms with E-state index in [4.69, 9.17) is 9.84 Å². The van der Waals surface area contributed by atoms with Gasteiger partial charge in [-0.3, -0.25) is 4.90 Å². The average molecular weight is 277 g/mol. The predicted molar refractivity (Wildman–Crippen MR) is 77.9 cm³/mol. The molecule has 4 heteroatoms. The molecular formula is C16H23NO3. The smallest absolute Gasteiger partial charge is 0.335 e. The molecule has 0 saturated carbocycles. The van der Waals surface area contributed by atoms with Gasteiger partial charge in [0.2, 0.25) is 0 Å². The fraction of sp³-hybridized carbons (Fsp3) is 0.562. The Bertz CT molecular complexity index is 475. The van der Waals surface area contributed by atoms with E-state index in [-0.39, 0.29) is 11.2 Å². The average Bonchev–Trinajstić information content (AvgIpc) is 2.25. The third-order valence-electron chi connectivity index (χ3n) is 3.37. The molecule has 1 aliphatic heterocycles. The van der Waals surface area contributed by atoms with Crippen LogP contribution < -0.4 is 0 Å². The Balaban J connectivity index is 2.07. The van der Waals surface area contributed by atoms with Crippen molar-refractivity contribution in [2.24, 2.45) is 0 Å². The van der Waals surface area contributed by atoms with Crippen molar-refractivity contribution in [1.82, 2.24) is 4.90 Å². The summed E-state index contributed by atoms with van der Waals surface area (Å²) < 4.78 is 6.06. The van der Waals surface area contributed by atoms with Gasteiger partial charge >= 0.3 is 5.97 Å². The van der Waals surface area contributed by atoms with Gasteiger partial charge in [0, 0.05) is 19.6 Å². The third kappa shape index (κ3) is 3.81. The second-order valence-electron chi connectivity index (χ2n) is 6.77. The van der Waals surface area contributed by atoms with Gasteiger partial charge in [0.1, 0.15) is 0 Å². The van der Waals surface area contributed by atoms with Gasteiger partial charge in [-0.2, -0.15) is 0 Å². The molecule has 110 valence electrons. The summed E-state index contributed by atoms with van der Waals surface area (Å²) in [4.78, 5) is 13.2. The van der Waals surface area contributed by atoms with Crippen molar-refractivity contribution in [3.05, 3.63) is 35.4 Å². The summed E-state index contributed by atoms with van der Waals surface area (Å²) in [5.74, 6) is -0.884. The fourth-order valence-electron chi connectivity index (χ4n) is 3.07. The highest BCUT2D eigenvalue weighted by Crippen LogP contribution is 2.28. The molecule has 4 nitrogen and oxygen atoms in total. The van der Waals surface area contributed by atoms with Crippen molar-refractivity contribution in [2.75, 3.05) is 13.1 Å². The number of morpholine rings is 1. The maximum absolute atomic E-state index is 10.8. The van der Waals surface area contributed by atoms with Crippen molar-refractivity contribution in [1.29, 1.82) is 0 Å². The van der Waals surface area contributed by atoms with Crippen LogP contribution in [-0.4, -0.2) is 40.3 Å². The van der Waals surface area contributed by atoms with E-state index in [1.54, 1.807) is 12.1 Å². The lowest BCUT2D eigenvalue weighted by Gasteiger charge is -2.47. The zero-order chi connectivity index (χ0) is 15.0. The highest BCUT2D eigenvalue weighted by molar-refractivity contribution is 5.87. The number of hydrogen-bond acceptors (Lipinski definition) is 3. The number of rotatable bonds is 3. The summed E-state index contributed by atoms with van der Waals surface area (Å²) in [5.41, 5.74) is 1.13. The molecule has 0 unspecified atom stereocenters. The minimum absolute atomic E-state index is 0.164. The van der Waals surface area contributed by atoms with E-state index < -0.39 is 5.97 Å². The van der Waals surface area contributed by atoms with Crippen LogP contribution in [0.5, 0.6) is 0 Å². The van der Waals surface area contributed by atoms with E-state index in [0.717, 1.165) is 25.2 Å². The highest BCUT2D eigenvalue weighted by atomic mass is 16.5. The SMILES string of the molecule is CC1(C)CN(Cc2ccc(C(=O)O)cc2)CC(C)(C)O1. The number of aromatic carboxylic acids is 1. The molecule has 1 aromatic carbocycles. The number of ether oxygens (including phenoxy) is 1. The van der Waals surface area contributed by atoms with Crippen molar-refractivity contribution in [3.63, 3.8) is 0 Å². The summed E-state index contributed by atoms with van der Waals surface area (Å²) in [6.07, 6.45) is 0. The largest absolute Gasteiger partial charge is 0.478 e.